The van der Waals surface area contributed by atoms with E-state index in [9.17, 15) is 0 Å². The Morgan fingerprint density at radius 3 is 1.38 bits per heavy atom. The number of nitrogens with zero attached hydrogens (tertiary/aromatic N) is 3. The van der Waals surface area contributed by atoms with Crippen molar-refractivity contribution >= 4 is 32.3 Å². The SMILES string of the molecule is c1ccc(-c2nc(-c3ccc4cc(-c5ccc6ccccc6c5)ccc4c3)nc(-c3cc(-c4ccccc4)c4ccccc4c3)n2)cc1. The first-order chi connectivity index (χ1) is 23.7. The Kier molecular flexibility index (Phi) is 6.80. The van der Waals surface area contributed by atoms with Gasteiger partial charge in [-0.25, -0.2) is 15.0 Å². The van der Waals surface area contributed by atoms with E-state index in [0.29, 0.717) is 17.5 Å². The van der Waals surface area contributed by atoms with Crippen molar-refractivity contribution in [3.63, 3.8) is 0 Å². The fraction of sp³-hybridized carbons (Fsp3) is 0. The van der Waals surface area contributed by atoms with Crippen LogP contribution in [-0.4, -0.2) is 15.0 Å². The lowest BCUT2D eigenvalue weighted by molar-refractivity contribution is 1.08. The number of fused-ring (bicyclic) bond motifs is 3. The lowest BCUT2D eigenvalue weighted by Gasteiger charge is -2.13. The molecular weight excluding hydrogens is 583 g/mol. The van der Waals surface area contributed by atoms with Crippen molar-refractivity contribution in [2.75, 3.05) is 0 Å². The van der Waals surface area contributed by atoms with Gasteiger partial charge in [-0.15, -0.1) is 0 Å². The van der Waals surface area contributed by atoms with E-state index in [0.717, 1.165) is 38.6 Å². The third-order valence-corrected chi connectivity index (χ3v) is 9.05. The van der Waals surface area contributed by atoms with E-state index in [1.807, 2.05) is 36.4 Å². The van der Waals surface area contributed by atoms with E-state index in [-0.39, 0.29) is 0 Å². The zero-order valence-electron chi connectivity index (χ0n) is 26.1. The van der Waals surface area contributed by atoms with Gasteiger partial charge in [-0.3, -0.25) is 0 Å². The first kappa shape index (κ1) is 27.8. The third-order valence-electron chi connectivity index (χ3n) is 9.05. The third kappa shape index (κ3) is 5.18. The number of aromatic nitrogens is 3. The van der Waals surface area contributed by atoms with E-state index in [2.05, 4.69) is 140 Å². The molecule has 0 spiro atoms. The Morgan fingerprint density at radius 2 is 0.688 bits per heavy atom. The Balaban J connectivity index is 1.17. The minimum absolute atomic E-state index is 0.647. The predicted molar refractivity (Wildman–Crippen MR) is 200 cm³/mol. The zero-order valence-corrected chi connectivity index (χ0v) is 26.1. The Bertz CT molecular complexity index is 2610. The van der Waals surface area contributed by atoms with E-state index in [1.165, 1.54) is 32.7 Å². The molecule has 48 heavy (non-hydrogen) atoms. The summed E-state index contributed by atoms with van der Waals surface area (Å²) >= 11 is 0. The highest BCUT2D eigenvalue weighted by atomic mass is 15.0. The molecule has 3 nitrogen and oxygen atoms in total. The maximum Gasteiger partial charge on any atom is 0.164 e. The molecule has 0 aliphatic rings. The summed E-state index contributed by atoms with van der Waals surface area (Å²) in [6.07, 6.45) is 0. The standard InChI is InChI=1S/C45H29N3/c1-3-12-31(13-4-1)42-29-40(28-38-17-9-10-18-41(38)42)45-47-43(32-14-5-2-6-15-32)46-44(48-45)39-24-23-36-26-35(21-22-37(36)27-39)34-20-19-30-11-7-8-16-33(30)25-34/h1-29H. The van der Waals surface area contributed by atoms with Gasteiger partial charge in [0.2, 0.25) is 0 Å². The average Bonchev–Trinajstić information content (AvgIpc) is 3.17. The molecule has 0 fully saturated rings. The first-order valence-electron chi connectivity index (χ1n) is 16.2. The zero-order chi connectivity index (χ0) is 31.9. The molecule has 0 unspecified atom stereocenters. The summed E-state index contributed by atoms with van der Waals surface area (Å²) in [5, 5.41) is 7.14. The van der Waals surface area contributed by atoms with Crippen molar-refractivity contribution in [2.24, 2.45) is 0 Å². The topological polar surface area (TPSA) is 38.7 Å². The molecule has 9 rings (SSSR count). The van der Waals surface area contributed by atoms with Crippen LogP contribution in [0.3, 0.4) is 0 Å². The lowest BCUT2D eigenvalue weighted by atomic mass is 9.95. The van der Waals surface area contributed by atoms with Crippen LogP contribution < -0.4 is 0 Å². The highest BCUT2D eigenvalue weighted by molar-refractivity contribution is 6.00. The van der Waals surface area contributed by atoms with Gasteiger partial charge < -0.3 is 0 Å². The largest absolute Gasteiger partial charge is 0.208 e. The monoisotopic (exact) mass is 611 g/mol. The molecular formula is C45H29N3. The minimum atomic E-state index is 0.647. The van der Waals surface area contributed by atoms with Crippen molar-refractivity contribution in [1.82, 2.24) is 15.0 Å². The van der Waals surface area contributed by atoms with Gasteiger partial charge >= 0.3 is 0 Å². The van der Waals surface area contributed by atoms with Gasteiger partial charge in [0, 0.05) is 16.7 Å². The van der Waals surface area contributed by atoms with Crippen molar-refractivity contribution in [1.29, 1.82) is 0 Å². The highest BCUT2D eigenvalue weighted by Gasteiger charge is 2.15. The molecule has 0 radical (unpaired) electrons. The van der Waals surface area contributed by atoms with E-state index in [4.69, 9.17) is 15.0 Å². The maximum absolute atomic E-state index is 5.12. The summed E-state index contributed by atoms with van der Waals surface area (Å²) in [7, 11) is 0. The number of hydrogen-bond acceptors (Lipinski definition) is 3. The Labute approximate surface area is 278 Å². The molecule has 3 heteroatoms. The van der Waals surface area contributed by atoms with Gasteiger partial charge in [0.05, 0.1) is 0 Å². The average molecular weight is 612 g/mol. The fourth-order valence-corrected chi connectivity index (χ4v) is 6.58. The van der Waals surface area contributed by atoms with Crippen LogP contribution in [0.5, 0.6) is 0 Å². The molecule has 0 amide bonds. The molecule has 0 N–H and O–H groups in total. The Morgan fingerprint density at radius 1 is 0.250 bits per heavy atom. The molecule has 0 aliphatic heterocycles. The van der Waals surface area contributed by atoms with Crippen molar-refractivity contribution in [3.05, 3.63) is 176 Å². The minimum Gasteiger partial charge on any atom is -0.208 e. The second-order valence-electron chi connectivity index (χ2n) is 12.1. The fourth-order valence-electron chi connectivity index (χ4n) is 6.58. The summed E-state index contributed by atoms with van der Waals surface area (Å²) in [4.78, 5) is 15.2. The van der Waals surface area contributed by atoms with Crippen LogP contribution in [0.1, 0.15) is 0 Å². The van der Waals surface area contributed by atoms with Crippen LogP contribution in [0.2, 0.25) is 0 Å². The Hall–Kier alpha value is -6.45. The van der Waals surface area contributed by atoms with Crippen LogP contribution in [0.4, 0.5) is 0 Å². The summed E-state index contributed by atoms with van der Waals surface area (Å²) in [6.45, 7) is 0. The predicted octanol–water partition coefficient (Wildman–Crippen LogP) is 11.7. The van der Waals surface area contributed by atoms with Crippen LogP contribution in [0, 0.1) is 0 Å². The van der Waals surface area contributed by atoms with Crippen LogP contribution in [-0.2, 0) is 0 Å². The molecule has 8 aromatic carbocycles. The van der Waals surface area contributed by atoms with Gasteiger partial charge in [-0.1, -0.05) is 146 Å². The van der Waals surface area contributed by atoms with Gasteiger partial charge in [0.1, 0.15) is 0 Å². The molecule has 224 valence electrons. The van der Waals surface area contributed by atoms with E-state index >= 15 is 0 Å². The second-order valence-corrected chi connectivity index (χ2v) is 12.1. The number of hydrogen-bond donors (Lipinski definition) is 0. The summed E-state index contributed by atoms with van der Waals surface area (Å²) in [5.74, 6) is 1.94. The van der Waals surface area contributed by atoms with Crippen molar-refractivity contribution in [3.8, 4) is 56.4 Å². The van der Waals surface area contributed by atoms with Crippen LogP contribution in [0.25, 0.3) is 88.7 Å². The molecule has 1 aromatic heterocycles. The van der Waals surface area contributed by atoms with Gasteiger partial charge in [0.15, 0.2) is 17.5 Å². The van der Waals surface area contributed by atoms with Gasteiger partial charge in [0.25, 0.3) is 0 Å². The highest BCUT2D eigenvalue weighted by Crippen LogP contribution is 2.35. The lowest BCUT2D eigenvalue weighted by Crippen LogP contribution is -2.00. The first-order valence-corrected chi connectivity index (χ1v) is 16.2. The van der Waals surface area contributed by atoms with E-state index < -0.39 is 0 Å². The van der Waals surface area contributed by atoms with Crippen molar-refractivity contribution < 1.29 is 0 Å². The summed E-state index contributed by atoms with van der Waals surface area (Å²) in [6, 6.07) is 61.8. The van der Waals surface area contributed by atoms with Gasteiger partial charge in [-0.2, -0.15) is 0 Å². The molecule has 1 heterocycles. The summed E-state index contributed by atoms with van der Waals surface area (Å²) < 4.78 is 0. The number of benzene rings is 8. The quantitative estimate of drug-likeness (QED) is 0.194. The molecule has 0 saturated carbocycles. The molecule has 9 aromatic rings. The number of rotatable bonds is 5. The molecule has 0 atom stereocenters. The van der Waals surface area contributed by atoms with Gasteiger partial charge in [-0.05, 0) is 84.9 Å². The summed E-state index contributed by atoms with van der Waals surface area (Å²) in [5.41, 5.74) is 7.57. The maximum atomic E-state index is 5.12. The molecule has 0 bridgehead atoms. The van der Waals surface area contributed by atoms with Crippen molar-refractivity contribution in [2.45, 2.75) is 0 Å². The second kappa shape index (κ2) is 11.7. The van der Waals surface area contributed by atoms with Crippen LogP contribution >= 0.6 is 0 Å². The molecule has 0 aliphatic carbocycles. The smallest absolute Gasteiger partial charge is 0.164 e. The molecule has 0 saturated heterocycles. The van der Waals surface area contributed by atoms with E-state index in [1.54, 1.807) is 0 Å². The van der Waals surface area contributed by atoms with Crippen LogP contribution in [0.15, 0.2) is 176 Å². The normalized spacial score (nSPS) is 11.3.